The van der Waals surface area contributed by atoms with Crippen molar-refractivity contribution in [2.24, 2.45) is 5.73 Å². The van der Waals surface area contributed by atoms with E-state index in [0.29, 0.717) is 5.75 Å². The van der Waals surface area contributed by atoms with E-state index >= 15 is 0 Å². The van der Waals surface area contributed by atoms with Crippen molar-refractivity contribution in [2.75, 3.05) is 12.0 Å². The van der Waals surface area contributed by atoms with Gasteiger partial charge in [0.2, 0.25) is 0 Å². The largest absolute Gasteiger partial charge is 0.477 e. The Balaban J connectivity index is 3.69. The molecule has 52 valence electrons. The zero-order valence-corrected chi connectivity index (χ0v) is 5.94. The van der Waals surface area contributed by atoms with E-state index in [1.54, 1.807) is 0 Å². The molecule has 0 saturated heterocycles. The van der Waals surface area contributed by atoms with Gasteiger partial charge in [-0.25, -0.2) is 4.79 Å². The van der Waals surface area contributed by atoms with Gasteiger partial charge < -0.3 is 10.8 Å². The molecule has 0 spiro atoms. The molecule has 0 fully saturated rings. The Morgan fingerprint density at radius 1 is 1.89 bits per heavy atom. The second kappa shape index (κ2) is 4.26. The van der Waals surface area contributed by atoms with E-state index in [4.69, 9.17) is 10.8 Å². The van der Waals surface area contributed by atoms with Gasteiger partial charge in [-0.2, -0.15) is 11.8 Å². The summed E-state index contributed by atoms with van der Waals surface area (Å²) in [5.74, 6) is -0.401. The lowest BCUT2D eigenvalue weighted by atomic mass is 10.4. The molecule has 0 aromatic carbocycles. The van der Waals surface area contributed by atoms with Crippen molar-refractivity contribution in [3.8, 4) is 0 Å². The molecule has 0 aliphatic heterocycles. The standard InChI is InChI=1S/C5H9NO2S/c1-9-3-2-4(6)5(7)8/h2H,3,6H2,1H3,(H,7,8)/b4-2-. The average molecular weight is 147 g/mol. The summed E-state index contributed by atoms with van der Waals surface area (Å²) in [5.41, 5.74) is 4.97. The number of thioether (sulfide) groups is 1. The average Bonchev–Trinajstić information content (AvgIpc) is 1.82. The minimum absolute atomic E-state index is 0.0793. The van der Waals surface area contributed by atoms with E-state index in [0.717, 1.165) is 0 Å². The normalized spacial score (nSPS) is 11.4. The Hall–Kier alpha value is -0.640. The third kappa shape index (κ3) is 3.90. The van der Waals surface area contributed by atoms with E-state index in [1.165, 1.54) is 17.8 Å². The molecule has 4 heteroatoms. The Labute approximate surface area is 57.9 Å². The number of carboxylic acids is 1. The molecule has 0 amide bonds. The molecule has 0 heterocycles. The monoisotopic (exact) mass is 147 g/mol. The van der Waals surface area contributed by atoms with Gasteiger partial charge in [-0.3, -0.25) is 0 Å². The minimum Gasteiger partial charge on any atom is -0.477 e. The molecule has 0 saturated carbocycles. The highest BCUT2D eigenvalue weighted by atomic mass is 32.2. The smallest absolute Gasteiger partial charge is 0.351 e. The fraction of sp³-hybridized carbons (Fsp3) is 0.400. The van der Waals surface area contributed by atoms with Gasteiger partial charge in [0.25, 0.3) is 0 Å². The van der Waals surface area contributed by atoms with Crippen molar-refractivity contribution in [2.45, 2.75) is 0 Å². The fourth-order valence-corrected chi connectivity index (χ4v) is 0.607. The van der Waals surface area contributed by atoms with Gasteiger partial charge in [0, 0.05) is 5.75 Å². The van der Waals surface area contributed by atoms with Crippen molar-refractivity contribution in [1.82, 2.24) is 0 Å². The fourth-order valence-electron chi connectivity index (χ4n) is 0.260. The molecule has 0 aliphatic rings. The first-order chi connectivity index (χ1) is 4.18. The summed E-state index contributed by atoms with van der Waals surface area (Å²) in [6.07, 6.45) is 3.36. The Morgan fingerprint density at radius 2 is 2.44 bits per heavy atom. The van der Waals surface area contributed by atoms with Crippen LogP contribution in [0, 0.1) is 0 Å². The Kier molecular flexibility index (Phi) is 3.96. The Morgan fingerprint density at radius 3 is 2.78 bits per heavy atom. The van der Waals surface area contributed by atoms with Crippen LogP contribution >= 0.6 is 11.8 Å². The molecule has 0 rings (SSSR count). The van der Waals surface area contributed by atoms with E-state index < -0.39 is 5.97 Å². The van der Waals surface area contributed by atoms with E-state index in [-0.39, 0.29) is 5.70 Å². The summed E-state index contributed by atoms with van der Waals surface area (Å²) < 4.78 is 0. The quantitative estimate of drug-likeness (QED) is 0.563. The van der Waals surface area contributed by atoms with Crippen LogP contribution in [0.4, 0.5) is 0 Å². The second-order valence-corrected chi connectivity index (χ2v) is 2.33. The lowest BCUT2D eigenvalue weighted by Crippen LogP contribution is -2.09. The third-order valence-corrected chi connectivity index (χ3v) is 1.22. The third-order valence-electron chi connectivity index (χ3n) is 0.717. The maximum atomic E-state index is 10.0. The van der Waals surface area contributed by atoms with Crippen molar-refractivity contribution in [3.63, 3.8) is 0 Å². The molecule has 9 heavy (non-hydrogen) atoms. The van der Waals surface area contributed by atoms with Gasteiger partial charge >= 0.3 is 5.97 Å². The maximum Gasteiger partial charge on any atom is 0.351 e. The molecule has 0 unspecified atom stereocenters. The van der Waals surface area contributed by atoms with Crippen molar-refractivity contribution < 1.29 is 9.90 Å². The van der Waals surface area contributed by atoms with Crippen molar-refractivity contribution in [1.29, 1.82) is 0 Å². The predicted molar refractivity (Wildman–Crippen MR) is 38.3 cm³/mol. The number of aliphatic carboxylic acids is 1. The van der Waals surface area contributed by atoms with Crippen LogP contribution in [0.2, 0.25) is 0 Å². The van der Waals surface area contributed by atoms with Gasteiger partial charge in [-0.15, -0.1) is 0 Å². The summed E-state index contributed by atoms with van der Waals surface area (Å²) in [6.45, 7) is 0. The molecule has 0 radical (unpaired) electrons. The van der Waals surface area contributed by atoms with Crippen LogP contribution < -0.4 is 5.73 Å². The number of carboxylic acid groups (broad SMARTS) is 1. The molecule has 0 aromatic rings. The number of hydrogen-bond donors (Lipinski definition) is 2. The summed E-state index contributed by atoms with van der Waals surface area (Å²) in [7, 11) is 0. The minimum atomic E-state index is -1.05. The van der Waals surface area contributed by atoms with Crippen LogP contribution in [0.5, 0.6) is 0 Å². The van der Waals surface area contributed by atoms with Gasteiger partial charge in [0.1, 0.15) is 5.70 Å². The number of hydrogen-bond acceptors (Lipinski definition) is 3. The first-order valence-electron chi connectivity index (χ1n) is 2.36. The van der Waals surface area contributed by atoms with E-state index in [9.17, 15) is 4.79 Å². The van der Waals surface area contributed by atoms with Crippen LogP contribution in [0.25, 0.3) is 0 Å². The van der Waals surface area contributed by atoms with Gasteiger partial charge in [0.05, 0.1) is 0 Å². The topological polar surface area (TPSA) is 63.3 Å². The Bertz CT molecular complexity index is 133. The van der Waals surface area contributed by atoms with Crippen LogP contribution in [0.15, 0.2) is 11.8 Å². The highest BCUT2D eigenvalue weighted by molar-refractivity contribution is 7.98. The number of rotatable bonds is 3. The molecule has 0 atom stereocenters. The zero-order chi connectivity index (χ0) is 7.28. The maximum absolute atomic E-state index is 10.0. The van der Waals surface area contributed by atoms with Gasteiger partial charge in [-0.1, -0.05) is 0 Å². The lowest BCUT2D eigenvalue weighted by Gasteiger charge is -1.90. The number of nitrogens with two attached hydrogens (primary N) is 1. The molecule has 0 bridgehead atoms. The SMILES string of the molecule is CSC/C=C(\N)C(=O)O. The molecule has 0 aromatic heterocycles. The van der Waals surface area contributed by atoms with Crippen LogP contribution in [-0.4, -0.2) is 23.1 Å². The summed E-state index contributed by atoms with van der Waals surface area (Å²) in [6, 6.07) is 0. The highest BCUT2D eigenvalue weighted by Gasteiger charge is 1.97. The second-order valence-electron chi connectivity index (χ2n) is 1.42. The first kappa shape index (κ1) is 8.36. The van der Waals surface area contributed by atoms with Gasteiger partial charge in [-0.05, 0) is 12.3 Å². The number of carbonyl (C=O) groups is 1. The first-order valence-corrected chi connectivity index (χ1v) is 3.75. The molecular formula is C5H9NO2S. The lowest BCUT2D eigenvalue weighted by molar-refractivity contribution is -0.132. The van der Waals surface area contributed by atoms with Crippen LogP contribution in [-0.2, 0) is 4.79 Å². The van der Waals surface area contributed by atoms with Crippen molar-refractivity contribution in [3.05, 3.63) is 11.8 Å². The van der Waals surface area contributed by atoms with Crippen LogP contribution in [0.1, 0.15) is 0 Å². The zero-order valence-electron chi connectivity index (χ0n) is 5.13. The molecule has 3 nitrogen and oxygen atoms in total. The molecule has 0 aliphatic carbocycles. The predicted octanol–water partition coefficient (Wildman–Crippen LogP) is 0.277. The van der Waals surface area contributed by atoms with Gasteiger partial charge in [0.15, 0.2) is 0 Å². The summed E-state index contributed by atoms with van der Waals surface area (Å²) >= 11 is 1.53. The van der Waals surface area contributed by atoms with E-state index in [1.807, 2.05) is 6.26 Å². The van der Waals surface area contributed by atoms with E-state index in [2.05, 4.69) is 0 Å². The van der Waals surface area contributed by atoms with Crippen LogP contribution in [0.3, 0.4) is 0 Å². The molecular weight excluding hydrogens is 138 g/mol. The summed E-state index contributed by atoms with van der Waals surface area (Å²) in [5, 5.41) is 8.21. The highest BCUT2D eigenvalue weighted by Crippen LogP contribution is 1.93. The molecule has 3 N–H and O–H groups in total. The summed E-state index contributed by atoms with van der Waals surface area (Å²) in [4.78, 5) is 10.0. The van der Waals surface area contributed by atoms with Crippen molar-refractivity contribution >= 4 is 17.7 Å².